The number of carboxylic acids is 1. The third-order valence-electron chi connectivity index (χ3n) is 1.17. The molecule has 0 radical (unpaired) electrons. The second kappa shape index (κ2) is 4.85. The fraction of sp³-hybridized carbons (Fsp3) is 0.625. The van der Waals surface area contributed by atoms with E-state index < -0.39 is 29.4 Å². The van der Waals surface area contributed by atoms with Crippen LogP contribution in [0.5, 0.6) is 0 Å². The standard InChI is InChI=1S/C8H12O7/c1-8(2,3)14-7(12)4(9)5(15-13)6(10)11/h5,13H,1-3H3,(H,10,11). The van der Waals surface area contributed by atoms with E-state index in [9.17, 15) is 14.4 Å². The molecule has 0 rings (SSSR count). The largest absolute Gasteiger partial charge is 0.479 e. The maximum absolute atomic E-state index is 11.1. The summed E-state index contributed by atoms with van der Waals surface area (Å²) in [5.41, 5.74) is -0.925. The van der Waals surface area contributed by atoms with Crippen molar-refractivity contribution in [3.8, 4) is 0 Å². The van der Waals surface area contributed by atoms with E-state index in [2.05, 4.69) is 9.62 Å². The van der Waals surface area contributed by atoms with E-state index in [0.717, 1.165) is 0 Å². The van der Waals surface area contributed by atoms with E-state index in [0.29, 0.717) is 0 Å². The predicted octanol–water partition coefficient (Wildman–Crippen LogP) is -0.160. The number of esters is 1. The van der Waals surface area contributed by atoms with Crippen LogP contribution in [-0.4, -0.2) is 39.8 Å². The Bertz CT molecular complexity index is 275. The minimum atomic E-state index is -2.25. The van der Waals surface area contributed by atoms with Crippen LogP contribution in [0.15, 0.2) is 0 Å². The molecule has 0 saturated heterocycles. The molecule has 0 fully saturated rings. The van der Waals surface area contributed by atoms with Crippen LogP contribution in [0.1, 0.15) is 20.8 Å². The van der Waals surface area contributed by atoms with Gasteiger partial charge in [-0.25, -0.2) is 14.5 Å². The Kier molecular flexibility index (Phi) is 4.38. The van der Waals surface area contributed by atoms with Gasteiger partial charge in [0.1, 0.15) is 5.60 Å². The van der Waals surface area contributed by atoms with Crippen LogP contribution in [0.25, 0.3) is 0 Å². The van der Waals surface area contributed by atoms with Crippen molar-refractivity contribution in [2.24, 2.45) is 0 Å². The van der Waals surface area contributed by atoms with Gasteiger partial charge in [0.15, 0.2) is 0 Å². The molecule has 0 aliphatic rings. The van der Waals surface area contributed by atoms with E-state index in [4.69, 9.17) is 10.4 Å². The Hall–Kier alpha value is -1.47. The Balaban J connectivity index is 4.57. The topological polar surface area (TPSA) is 110 Å². The Morgan fingerprint density at radius 1 is 1.20 bits per heavy atom. The summed E-state index contributed by atoms with van der Waals surface area (Å²) in [6.45, 7) is 4.52. The molecule has 0 aromatic heterocycles. The lowest BCUT2D eigenvalue weighted by molar-refractivity contribution is -0.270. The van der Waals surface area contributed by atoms with Gasteiger partial charge in [-0.05, 0) is 20.8 Å². The summed E-state index contributed by atoms with van der Waals surface area (Å²) in [6.07, 6.45) is -2.25. The zero-order valence-electron chi connectivity index (χ0n) is 8.51. The van der Waals surface area contributed by atoms with Crippen molar-refractivity contribution in [2.45, 2.75) is 32.5 Å². The van der Waals surface area contributed by atoms with E-state index in [1.165, 1.54) is 20.8 Å². The van der Waals surface area contributed by atoms with Gasteiger partial charge in [0, 0.05) is 0 Å². The van der Waals surface area contributed by atoms with Gasteiger partial charge in [0.05, 0.1) is 0 Å². The molecule has 0 bridgehead atoms. The zero-order chi connectivity index (χ0) is 12.2. The van der Waals surface area contributed by atoms with Crippen LogP contribution in [0, 0.1) is 0 Å². The maximum atomic E-state index is 11.1. The molecular formula is C8H12O7. The lowest BCUT2D eigenvalue weighted by atomic mass is 10.2. The molecule has 0 saturated carbocycles. The lowest BCUT2D eigenvalue weighted by Crippen LogP contribution is -2.40. The minimum Gasteiger partial charge on any atom is -0.479 e. The maximum Gasteiger partial charge on any atom is 0.378 e. The summed E-state index contributed by atoms with van der Waals surface area (Å²) in [5.74, 6) is -4.61. The van der Waals surface area contributed by atoms with Crippen LogP contribution in [-0.2, 0) is 24.0 Å². The van der Waals surface area contributed by atoms with Crippen molar-refractivity contribution in [3.63, 3.8) is 0 Å². The second-order valence-corrected chi connectivity index (χ2v) is 3.69. The monoisotopic (exact) mass is 220 g/mol. The van der Waals surface area contributed by atoms with Gasteiger partial charge in [0.2, 0.25) is 0 Å². The van der Waals surface area contributed by atoms with Crippen molar-refractivity contribution >= 4 is 17.7 Å². The number of rotatable bonds is 4. The number of hydrogen-bond donors (Lipinski definition) is 2. The van der Waals surface area contributed by atoms with Gasteiger partial charge in [0.25, 0.3) is 11.9 Å². The molecule has 0 aliphatic heterocycles. The number of hydrogen-bond acceptors (Lipinski definition) is 6. The van der Waals surface area contributed by atoms with Gasteiger partial charge in [-0.1, -0.05) is 0 Å². The third kappa shape index (κ3) is 4.52. The average Bonchev–Trinajstić information content (AvgIpc) is 2.01. The molecule has 0 aliphatic carbocycles. The summed E-state index contributed by atoms with van der Waals surface area (Å²) in [4.78, 5) is 35.8. The molecule has 0 aromatic rings. The first-order valence-corrected chi connectivity index (χ1v) is 3.99. The molecule has 1 atom stereocenters. The summed E-state index contributed by atoms with van der Waals surface area (Å²) in [7, 11) is 0. The molecular weight excluding hydrogens is 208 g/mol. The van der Waals surface area contributed by atoms with Crippen molar-refractivity contribution < 1.29 is 34.4 Å². The first-order chi connectivity index (χ1) is 6.69. The lowest BCUT2D eigenvalue weighted by Gasteiger charge is -2.19. The fourth-order valence-electron chi connectivity index (χ4n) is 0.641. The van der Waals surface area contributed by atoms with Crippen LogP contribution in [0.4, 0.5) is 0 Å². The van der Waals surface area contributed by atoms with Crippen molar-refractivity contribution in [1.29, 1.82) is 0 Å². The van der Waals surface area contributed by atoms with Gasteiger partial charge in [-0.3, -0.25) is 10.1 Å². The second-order valence-electron chi connectivity index (χ2n) is 3.69. The number of ketones is 1. The van der Waals surface area contributed by atoms with Gasteiger partial charge >= 0.3 is 11.9 Å². The van der Waals surface area contributed by atoms with Gasteiger partial charge < -0.3 is 9.84 Å². The number of carbonyl (C=O) groups excluding carboxylic acids is 2. The van der Waals surface area contributed by atoms with E-state index >= 15 is 0 Å². The van der Waals surface area contributed by atoms with Gasteiger partial charge in [-0.15, -0.1) is 0 Å². The number of Topliss-reactive ketones (excluding diaryl/α,β-unsaturated/α-hetero) is 1. The number of carbonyl (C=O) groups is 3. The van der Waals surface area contributed by atoms with Crippen LogP contribution in [0.3, 0.4) is 0 Å². The number of ether oxygens (including phenoxy) is 1. The average molecular weight is 220 g/mol. The molecule has 0 aromatic carbocycles. The summed E-state index contributed by atoms with van der Waals surface area (Å²) < 4.78 is 4.59. The van der Waals surface area contributed by atoms with Gasteiger partial charge in [-0.2, -0.15) is 0 Å². The Morgan fingerprint density at radius 3 is 1.93 bits per heavy atom. The van der Waals surface area contributed by atoms with E-state index in [1.54, 1.807) is 0 Å². The SMILES string of the molecule is CC(C)(C)OC(=O)C(=O)C(OO)C(=O)O. The first kappa shape index (κ1) is 13.5. The molecule has 0 spiro atoms. The van der Waals surface area contributed by atoms with Crippen molar-refractivity contribution in [3.05, 3.63) is 0 Å². The highest BCUT2D eigenvalue weighted by molar-refractivity contribution is 6.39. The summed E-state index contributed by atoms with van der Waals surface area (Å²) in [6, 6.07) is 0. The normalized spacial score (nSPS) is 13.1. The van der Waals surface area contributed by atoms with Crippen LogP contribution < -0.4 is 0 Å². The predicted molar refractivity (Wildman–Crippen MR) is 46.0 cm³/mol. The highest BCUT2D eigenvalue weighted by Gasteiger charge is 2.36. The fourth-order valence-corrected chi connectivity index (χ4v) is 0.641. The molecule has 86 valence electrons. The zero-order valence-corrected chi connectivity index (χ0v) is 8.51. The first-order valence-electron chi connectivity index (χ1n) is 3.99. The molecule has 0 amide bonds. The van der Waals surface area contributed by atoms with Crippen LogP contribution in [0.2, 0.25) is 0 Å². The van der Waals surface area contributed by atoms with E-state index in [-0.39, 0.29) is 0 Å². The molecule has 7 nitrogen and oxygen atoms in total. The quantitative estimate of drug-likeness (QED) is 0.222. The number of aliphatic carboxylic acids is 1. The number of carboxylic acid groups (broad SMARTS) is 1. The highest BCUT2D eigenvalue weighted by Crippen LogP contribution is 2.08. The summed E-state index contributed by atoms with van der Waals surface area (Å²) in [5, 5.41) is 16.5. The molecule has 0 heterocycles. The smallest absolute Gasteiger partial charge is 0.378 e. The van der Waals surface area contributed by atoms with Crippen LogP contribution >= 0.6 is 0 Å². The highest BCUT2D eigenvalue weighted by atomic mass is 17.1. The Morgan fingerprint density at radius 2 is 1.67 bits per heavy atom. The molecule has 15 heavy (non-hydrogen) atoms. The molecule has 1 unspecified atom stereocenters. The summed E-state index contributed by atoms with van der Waals surface area (Å²) >= 11 is 0. The third-order valence-corrected chi connectivity index (χ3v) is 1.17. The molecule has 7 heteroatoms. The Labute approximate surface area is 85.5 Å². The molecule has 2 N–H and O–H groups in total. The van der Waals surface area contributed by atoms with E-state index in [1.807, 2.05) is 0 Å². The minimum absolute atomic E-state index is 0.925. The van der Waals surface area contributed by atoms with Crippen molar-refractivity contribution in [1.82, 2.24) is 0 Å². The van der Waals surface area contributed by atoms with Crippen molar-refractivity contribution in [2.75, 3.05) is 0 Å².